The largest absolute Gasteiger partial charge is 0.573 e. The first kappa shape index (κ1) is 25.2. The molecule has 1 aliphatic rings. The molecular formula is C24H26F3NO6. The summed E-state index contributed by atoms with van der Waals surface area (Å²) in [4.78, 5) is 25.5. The van der Waals surface area contributed by atoms with Crippen LogP contribution in [0.5, 0.6) is 11.5 Å². The monoisotopic (exact) mass is 481 g/mol. The number of carboxylic acid groups (broad SMARTS) is 1. The third kappa shape index (κ3) is 7.03. The Morgan fingerprint density at radius 3 is 2.41 bits per heavy atom. The SMILES string of the molecule is CC(C)(Oc1cccc(C2CCCN(C(=O)OCc3cccc(OC(F)(F)F)c3)C2)c1)C(=O)O. The Kier molecular flexibility index (Phi) is 7.58. The minimum atomic E-state index is -4.80. The van der Waals surface area contributed by atoms with Crippen LogP contribution < -0.4 is 9.47 Å². The van der Waals surface area contributed by atoms with E-state index in [1.165, 1.54) is 32.0 Å². The lowest BCUT2D eigenvalue weighted by molar-refractivity contribution is -0.274. The summed E-state index contributed by atoms with van der Waals surface area (Å²) in [7, 11) is 0. The predicted octanol–water partition coefficient (Wildman–Crippen LogP) is 5.34. The Morgan fingerprint density at radius 2 is 1.74 bits per heavy atom. The highest BCUT2D eigenvalue weighted by molar-refractivity contribution is 5.76. The summed E-state index contributed by atoms with van der Waals surface area (Å²) in [6.45, 7) is 3.62. The van der Waals surface area contributed by atoms with Gasteiger partial charge in [0, 0.05) is 19.0 Å². The van der Waals surface area contributed by atoms with Crippen molar-refractivity contribution in [3.8, 4) is 11.5 Å². The number of nitrogens with zero attached hydrogens (tertiary/aromatic N) is 1. The van der Waals surface area contributed by atoms with Crippen molar-refractivity contribution in [3.63, 3.8) is 0 Å². The zero-order chi connectivity index (χ0) is 24.9. The van der Waals surface area contributed by atoms with Gasteiger partial charge in [-0.3, -0.25) is 0 Å². The van der Waals surface area contributed by atoms with E-state index in [2.05, 4.69) is 4.74 Å². The molecule has 1 fully saturated rings. The molecule has 0 radical (unpaired) electrons. The topological polar surface area (TPSA) is 85.3 Å². The molecule has 1 saturated heterocycles. The van der Waals surface area contributed by atoms with Crippen molar-refractivity contribution in [2.75, 3.05) is 13.1 Å². The summed E-state index contributed by atoms with van der Waals surface area (Å²) in [5.41, 5.74) is -0.105. The zero-order valence-corrected chi connectivity index (χ0v) is 18.8. The van der Waals surface area contributed by atoms with Crippen LogP contribution in [0.25, 0.3) is 0 Å². The summed E-state index contributed by atoms with van der Waals surface area (Å²) >= 11 is 0. The Bertz CT molecular complexity index is 1020. The molecule has 34 heavy (non-hydrogen) atoms. The number of likely N-dealkylation sites (tertiary alicyclic amines) is 1. The van der Waals surface area contributed by atoms with Crippen LogP contribution in [-0.2, 0) is 16.1 Å². The first-order chi connectivity index (χ1) is 15.9. The highest BCUT2D eigenvalue weighted by Crippen LogP contribution is 2.31. The fraction of sp³-hybridized carbons (Fsp3) is 0.417. The van der Waals surface area contributed by atoms with E-state index in [4.69, 9.17) is 9.47 Å². The van der Waals surface area contributed by atoms with Crippen LogP contribution in [0.3, 0.4) is 0 Å². The summed E-state index contributed by atoms with van der Waals surface area (Å²) < 4.78 is 52.0. The van der Waals surface area contributed by atoms with Gasteiger partial charge in [0.1, 0.15) is 18.1 Å². The van der Waals surface area contributed by atoms with Gasteiger partial charge in [-0.1, -0.05) is 24.3 Å². The molecule has 1 heterocycles. The molecule has 1 aliphatic heterocycles. The van der Waals surface area contributed by atoms with E-state index in [-0.39, 0.29) is 18.3 Å². The molecule has 0 aromatic heterocycles. The van der Waals surface area contributed by atoms with Crippen LogP contribution >= 0.6 is 0 Å². The van der Waals surface area contributed by atoms with Crippen LogP contribution in [0, 0.1) is 0 Å². The number of halogens is 3. The molecule has 0 aliphatic carbocycles. The minimum Gasteiger partial charge on any atom is -0.478 e. The number of hydrogen-bond acceptors (Lipinski definition) is 5. The number of rotatable bonds is 7. The second-order valence-corrected chi connectivity index (χ2v) is 8.52. The number of carbonyl (C=O) groups is 2. The summed E-state index contributed by atoms with van der Waals surface area (Å²) in [6, 6.07) is 12.4. The van der Waals surface area contributed by atoms with Crippen molar-refractivity contribution in [1.82, 2.24) is 4.90 Å². The van der Waals surface area contributed by atoms with Crippen molar-refractivity contribution >= 4 is 12.1 Å². The van der Waals surface area contributed by atoms with Gasteiger partial charge >= 0.3 is 18.4 Å². The number of carboxylic acids is 1. The fourth-order valence-electron chi connectivity index (χ4n) is 3.65. The highest BCUT2D eigenvalue weighted by atomic mass is 19.4. The molecule has 0 spiro atoms. The molecule has 1 unspecified atom stereocenters. The van der Waals surface area contributed by atoms with Crippen molar-refractivity contribution < 1.29 is 42.1 Å². The van der Waals surface area contributed by atoms with Gasteiger partial charge in [-0.25, -0.2) is 9.59 Å². The van der Waals surface area contributed by atoms with E-state index >= 15 is 0 Å². The number of amides is 1. The van der Waals surface area contributed by atoms with E-state index in [1.54, 1.807) is 29.2 Å². The molecule has 1 N–H and O–H groups in total. The lowest BCUT2D eigenvalue weighted by atomic mass is 9.90. The van der Waals surface area contributed by atoms with Crippen molar-refractivity contribution in [2.24, 2.45) is 0 Å². The second-order valence-electron chi connectivity index (χ2n) is 8.52. The minimum absolute atomic E-state index is 0.00121. The van der Waals surface area contributed by atoms with Gasteiger partial charge in [0.15, 0.2) is 5.60 Å². The maximum atomic E-state index is 12.6. The van der Waals surface area contributed by atoms with Crippen molar-refractivity contribution in [1.29, 1.82) is 0 Å². The first-order valence-electron chi connectivity index (χ1n) is 10.7. The molecular weight excluding hydrogens is 455 g/mol. The molecule has 0 bridgehead atoms. The summed E-state index contributed by atoms with van der Waals surface area (Å²) in [6.07, 6.45) is -3.80. The third-order valence-electron chi connectivity index (χ3n) is 5.39. The Hall–Kier alpha value is -3.43. The van der Waals surface area contributed by atoms with Crippen LogP contribution in [0.2, 0.25) is 0 Å². The number of piperidine rings is 1. The van der Waals surface area contributed by atoms with Gasteiger partial charge in [-0.05, 0) is 62.1 Å². The number of carbonyl (C=O) groups excluding carboxylic acids is 1. The number of hydrogen-bond donors (Lipinski definition) is 1. The smallest absolute Gasteiger partial charge is 0.478 e. The standard InChI is InChI=1S/C24H26F3NO6/c1-23(2,21(29)30)33-20-10-4-7-17(13-20)18-8-5-11-28(14-18)22(31)32-15-16-6-3-9-19(12-16)34-24(25,26)27/h3-4,6-7,9-10,12-13,18H,5,8,11,14-15H2,1-2H3,(H,29,30). The average molecular weight is 481 g/mol. The number of aliphatic carboxylic acids is 1. The van der Waals surface area contributed by atoms with E-state index in [0.29, 0.717) is 24.4 Å². The lowest BCUT2D eigenvalue weighted by Gasteiger charge is -2.32. The fourth-order valence-corrected chi connectivity index (χ4v) is 3.65. The Balaban J connectivity index is 1.60. The summed E-state index contributed by atoms with van der Waals surface area (Å²) in [5.74, 6) is -1.04. The normalized spacial score (nSPS) is 16.6. The molecule has 1 atom stereocenters. The van der Waals surface area contributed by atoms with Gasteiger partial charge in [0.25, 0.3) is 0 Å². The maximum Gasteiger partial charge on any atom is 0.573 e. The maximum absolute atomic E-state index is 12.6. The lowest BCUT2D eigenvalue weighted by Crippen LogP contribution is -2.39. The number of alkyl halides is 3. The van der Waals surface area contributed by atoms with Crippen LogP contribution in [0.4, 0.5) is 18.0 Å². The second kappa shape index (κ2) is 10.2. The van der Waals surface area contributed by atoms with Gasteiger partial charge in [0.05, 0.1) is 0 Å². The predicted molar refractivity (Wildman–Crippen MR) is 116 cm³/mol. The molecule has 1 amide bonds. The van der Waals surface area contributed by atoms with Crippen molar-refractivity contribution in [3.05, 3.63) is 59.7 Å². The molecule has 184 valence electrons. The average Bonchev–Trinajstić information content (AvgIpc) is 2.76. The van der Waals surface area contributed by atoms with Crippen LogP contribution in [-0.4, -0.2) is 47.1 Å². The number of benzene rings is 2. The molecule has 7 nitrogen and oxygen atoms in total. The van der Waals surface area contributed by atoms with Gasteiger partial charge in [-0.2, -0.15) is 0 Å². The van der Waals surface area contributed by atoms with Gasteiger partial charge < -0.3 is 24.2 Å². The van der Waals surface area contributed by atoms with Gasteiger partial charge in [-0.15, -0.1) is 13.2 Å². The number of ether oxygens (including phenoxy) is 3. The summed E-state index contributed by atoms with van der Waals surface area (Å²) in [5, 5.41) is 9.27. The Labute approximate surface area is 195 Å². The molecule has 3 rings (SSSR count). The highest BCUT2D eigenvalue weighted by Gasteiger charge is 2.32. The van der Waals surface area contributed by atoms with E-state index in [9.17, 15) is 27.9 Å². The van der Waals surface area contributed by atoms with E-state index in [1.807, 2.05) is 6.07 Å². The van der Waals surface area contributed by atoms with E-state index < -0.39 is 24.0 Å². The van der Waals surface area contributed by atoms with Gasteiger partial charge in [0.2, 0.25) is 0 Å². The van der Waals surface area contributed by atoms with Crippen LogP contribution in [0.15, 0.2) is 48.5 Å². The van der Waals surface area contributed by atoms with Crippen LogP contribution in [0.1, 0.15) is 43.7 Å². The zero-order valence-electron chi connectivity index (χ0n) is 18.8. The van der Waals surface area contributed by atoms with E-state index in [0.717, 1.165) is 18.4 Å². The quantitative estimate of drug-likeness (QED) is 0.574. The Morgan fingerprint density at radius 1 is 1.06 bits per heavy atom. The van der Waals surface area contributed by atoms with Crippen molar-refractivity contribution in [2.45, 2.75) is 51.2 Å². The molecule has 2 aromatic carbocycles. The molecule has 0 saturated carbocycles. The first-order valence-corrected chi connectivity index (χ1v) is 10.7. The molecule has 2 aromatic rings. The third-order valence-corrected chi connectivity index (χ3v) is 5.39. The molecule has 10 heteroatoms.